The maximum atomic E-state index is 10.6. The van der Waals surface area contributed by atoms with Gasteiger partial charge in [-0.1, -0.05) is 11.6 Å². The highest BCUT2D eigenvalue weighted by Gasteiger charge is 2.11. The number of halogens is 1. The highest BCUT2D eigenvalue weighted by atomic mass is 35.5. The van der Waals surface area contributed by atoms with Crippen LogP contribution in [-0.4, -0.2) is 32.4 Å². The summed E-state index contributed by atoms with van der Waals surface area (Å²) in [7, 11) is 0. The number of carboxylic acid groups (broad SMARTS) is 1. The van der Waals surface area contributed by atoms with Gasteiger partial charge in [0, 0.05) is 12.3 Å². The van der Waals surface area contributed by atoms with Crippen molar-refractivity contribution in [2.45, 2.75) is 13.5 Å². The van der Waals surface area contributed by atoms with Crippen molar-refractivity contribution in [3.63, 3.8) is 0 Å². The number of pyridine rings is 1. The predicted octanol–water partition coefficient (Wildman–Crippen LogP) is 1.57. The van der Waals surface area contributed by atoms with Crippen LogP contribution in [-0.2, 0) is 11.3 Å². The third kappa shape index (κ3) is 2.47. The van der Waals surface area contributed by atoms with Crippen LogP contribution in [0.1, 0.15) is 6.92 Å². The van der Waals surface area contributed by atoms with Crippen LogP contribution in [0, 0.1) is 0 Å². The van der Waals surface area contributed by atoms with E-state index < -0.39 is 5.97 Å². The lowest BCUT2D eigenvalue weighted by Crippen LogP contribution is -2.08. The molecule has 0 unspecified atom stereocenters. The zero-order valence-electron chi connectivity index (χ0n) is 9.05. The molecular weight excluding hydrogens is 246 g/mol. The molecule has 0 saturated carbocycles. The van der Waals surface area contributed by atoms with Gasteiger partial charge in [0.25, 0.3) is 0 Å². The minimum Gasteiger partial charge on any atom is -0.480 e. The molecule has 0 saturated heterocycles. The molecule has 0 aromatic carbocycles. The van der Waals surface area contributed by atoms with Crippen molar-refractivity contribution in [3.8, 4) is 5.88 Å². The first-order valence-corrected chi connectivity index (χ1v) is 5.36. The second-order valence-corrected chi connectivity index (χ2v) is 3.72. The summed E-state index contributed by atoms with van der Waals surface area (Å²) in [5.41, 5.74) is 0.565. The van der Waals surface area contributed by atoms with Crippen molar-refractivity contribution in [2.24, 2.45) is 0 Å². The van der Waals surface area contributed by atoms with Crippen molar-refractivity contribution in [2.75, 3.05) is 6.61 Å². The number of rotatable bonds is 4. The fourth-order valence-electron chi connectivity index (χ4n) is 1.48. The fourth-order valence-corrected chi connectivity index (χ4v) is 1.66. The van der Waals surface area contributed by atoms with E-state index in [-0.39, 0.29) is 11.7 Å². The molecule has 7 heteroatoms. The molecule has 2 aromatic rings. The van der Waals surface area contributed by atoms with Gasteiger partial charge in [-0.3, -0.25) is 9.48 Å². The molecular formula is C10H10ClN3O3. The molecule has 2 aromatic heterocycles. The summed E-state index contributed by atoms with van der Waals surface area (Å²) in [6.07, 6.45) is 1.58. The van der Waals surface area contributed by atoms with Crippen LogP contribution in [0.5, 0.6) is 5.88 Å². The number of aromatic nitrogens is 3. The maximum absolute atomic E-state index is 10.6. The standard InChI is InChI=1S/C10H10ClN3O3/c1-2-17-10-6-4-14(5-9(15)16)13-7(6)3-8(11)12-10/h3-4H,2,5H2,1H3,(H,15,16). The molecule has 0 aliphatic carbocycles. The van der Waals surface area contributed by atoms with E-state index in [1.54, 1.807) is 12.3 Å². The van der Waals surface area contributed by atoms with Crippen LogP contribution in [0.2, 0.25) is 5.15 Å². The molecule has 90 valence electrons. The van der Waals surface area contributed by atoms with Gasteiger partial charge in [-0.2, -0.15) is 5.10 Å². The summed E-state index contributed by atoms with van der Waals surface area (Å²) in [4.78, 5) is 14.6. The molecule has 0 bridgehead atoms. The Balaban J connectivity index is 2.50. The second-order valence-electron chi connectivity index (χ2n) is 3.34. The smallest absolute Gasteiger partial charge is 0.325 e. The van der Waals surface area contributed by atoms with Gasteiger partial charge in [0.15, 0.2) is 0 Å². The van der Waals surface area contributed by atoms with Crippen molar-refractivity contribution < 1.29 is 14.6 Å². The second kappa shape index (κ2) is 4.58. The van der Waals surface area contributed by atoms with Crippen LogP contribution in [0.4, 0.5) is 0 Å². The van der Waals surface area contributed by atoms with E-state index in [0.29, 0.717) is 23.4 Å². The van der Waals surface area contributed by atoms with Gasteiger partial charge in [0.2, 0.25) is 5.88 Å². The first kappa shape index (κ1) is 11.7. The van der Waals surface area contributed by atoms with E-state index in [9.17, 15) is 4.79 Å². The SMILES string of the molecule is CCOc1nc(Cl)cc2nn(CC(=O)O)cc12. The molecule has 0 aliphatic rings. The molecule has 0 atom stereocenters. The van der Waals surface area contributed by atoms with Crippen LogP contribution in [0.15, 0.2) is 12.3 Å². The number of carbonyl (C=O) groups is 1. The summed E-state index contributed by atoms with van der Waals surface area (Å²) in [5.74, 6) is -0.596. The first-order valence-electron chi connectivity index (χ1n) is 4.98. The molecule has 17 heavy (non-hydrogen) atoms. The number of carboxylic acids is 1. The van der Waals surface area contributed by atoms with Gasteiger partial charge in [0.1, 0.15) is 17.2 Å². The van der Waals surface area contributed by atoms with Crippen molar-refractivity contribution in [3.05, 3.63) is 17.4 Å². The molecule has 2 rings (SSSR count). The zero-order valence-corrected chi connectivity index (χ0v) is 9.81. The van der Waals surface area contributed by atoms with Gasteiger partial charge in [0.05, 0.1) is 12.0 Å². The number of ether oxygens (including phenoxy) is 1. The predicted molar refractivity (Wildman–Crippen MR) is 61.3 cm³/mol. The number of hydrogen-bond acceptors (Lipinski definition) is 4. The topological polar surface area (TPSA) is 77.2 Å². The van der Waals surface area contributed by atoms with Crippen LogP contribution in [0.25, 0.3) is 10.9 Å². The lowest BCUT2D eigenvalue weighted by atomic mass is 10.3. The summed E-state index contributed by atoms with van der Waals surface area (Å²) in [6, 6.07) is 1.57. The van der Waals surface area contributed by atoms with Gasteiger partial charge in [-0.05, 0) is 6.92 Å². The van der Waals surface area contributed by atoms with Gasteiger partial charge < -0.3 is 9.84 Å². The largest absolute Gasteiger partial charge is 0.480 e. The molecule has 0 radical (unpaired) electrons. The first-order chi connectivity index (χ1) is 8.10. The highest BCUT2D eigenvalue weighted by molar-refractivity contribution is 6.30. The molecule has 1 N–H and O–H groups in total. The number of hydrogen-bond donors (Lipinski definition) is 1. The Morgan fingerprint density at radius 1 is 1.65 bits per heavy atom. The van der Waals surface area contributed by atoms with E-state index in [4.69, 9.17) is 21.4 Å². The molecule has 0 aliphatic heterocycles. The van der Waals surface area contributed by atoms with Crippen LogP contribution < -0.4 is 4.74 Å². The summed E-state index contributed by atoms with van der Waals surface area (Å²) >= 11 is 5.82. The molecule has 0 fully saturated rings. The fraction of sp³-hybridized carbons (Fsp3) is 0.300. The summed E-state index contributed by atoms with van der Waals surface area (Å²) < 4.78 is 6.63. The quantitative estimate of drug-likeness (QED) is 0.839. The average molecular weight is 256 g/mol. The lowest BCUT2D eigenvalue weighted by Gasteiger charge is -2.02. The molecule has 0 spiro atoms. The monoisotopic (exact) mass is 255 g/mol. The van der Waals surface area contributed by atoms with Crippen LogP contribution in [0.3, 0.4) is 0 Å². The van der Waals surface area contributed by atoms with Crippen LogP contribution >= 0.6 is 11.6 Å². The molecule has 2 heterocycles. The third-order valence-electron chi connectivity index (χ3n) is 2.06. The Kier molecular flexibility index (Phi) is 3.14. The number of nitrogens with zero attached hydrogens (tertiary/aromatic N) is 3. The van der Waals surface area contributed by atoms with Crippen molar-refractivity contribution in [1.29, 1.82) is 0 Å². The minimum absolute atomic E-state index is 0.210. The lowest BCUT2D eigenvalue weighted by molar-refractivity contribution is -0.137. The third-order valence-corrected chi connectivity index (χ3v) is 2.26. The Labute approximate surface area is 102 Å². The highest BCUT2D eigenvalue weighted by Crippen LogP contribution is 2.25. The Morgan fingerprint density at radius 3 is 3.06 bits per heavy atom. The van der Waals surface area contributed by atoms with E-state index in [1.807, 2.05) is 6.92 Å². The Hall–Kier alpha value is -1.82. The van der Waals surface area contributed by atoms with Gasteiger partial charge in [-0.15, -0.1) is 0 Å². The normalized spacial score (nSPS) is 10.7. The Bertz CT molecular complexity index is 567. The summed E-state index contributed by atoms with van der Waals surface area (Å²) in [6.45, 7) is 2.07. The van der Waals surface area contributed by atoms with E-state index >= 15 is 0 Å². The van der Waals surface area contributed by atoms with E-state index in [2.05, 4.69) is 10.1 Å². The van der Waals surface area contributed by atoms with Gasteiger partial charge >= 0.3 is 5.97 Å². The van der Waals surface area contributed by atoms with E-state index in [1.165, 1.54) is 4.68 Å². The average Bonchev–Trinajstić information content (AvgIpc) is 2.59. The Morgan fingerprint density at radius 2 is 2.41 bits per heavy atom. The molecule has 0 amide bonds. The molecule has 6 nitrogen and oxygen atoms in total. The van der Waals surface area contributed by atoms with Crippen molar-refractivity contribution >= 4 is 28.5 Å². The van der Waals surface area contributed by atoms with Crippen molar-refractivity contribution in [1.82, 2.24) is 14.8 Å². The number of aliphatic carboxylic acids is 1. The summed E-state index contributed by atoms with van der Waals surface area (Å²) in [5, 5.41) is 13.7. The minimum atomic E-state index is -0.963. The van der Waals surface area contributed by atoms with Gasteiger partial charge in [-0.25, -0.2) is 4.98 Å². The maximum Gasteiger partial charge on any atom is 0.325 e. The van der Waals surface area contributed by atoms with E-state index in [0.717, 1.165) is 0 Å². The zero-order chi connectivity index (χ0) is 12.4. The number of fused-ring (bicyclic) bond motifs is 1.